The number of benzene rings is 1. The summed E-state index contributed by atoms with van der Waals surface area (Å²) >= 11 is -2.00. The molecule has 0 spiro atoms. The second kappa shape index (κ2) is 4.40. The zero-order valence-corrected chi connectivity index (χ0v) is 9.64. The minimum atomic E-state index is -3.76. The third-order valence-corrected chi connectivity index (χ3v) is 3.40. The van der Waals surface area contributed by atoms with Gasteiger partial charge in [0, 0.05) is 0 Å². The van der Waals surface area contributed by atoms with Crippen LogP contribution in [-0.2, 0) is 26.9 Å². The molecule has 0 aliphatic carbocycles. The number of hydrogen-bond acceptors (Lipinski definition) is 3. The Morgan fingerprint density at radius 3 is 2.53 bits per heavy atom. The average molecular weight is 249 g/mol. The van der Waals surface area contributed by atoms with E-state index in [0.29, 0.717) is 5.56 Å². The Bertz CT molecular complexity index is 495. The number of aryl methyl sites for hydroxylation is 1. The van der Waals surface area contributed by atoms with Crippen molar-refractivity contribution >= 4 is 21.1 Å². The lowest BCUT2D eigenvalue weighted by Crippen LogP contribution is -2.12. The van der Waals surface area contributed by atoms with Crippen LogP contribution in [0.4, 0.5) is 0 Å². The summed E-state index contributed by atoms with van der Waals surface area (Å²) in [6.45, 7) is 1.73. The van der Waals surface area contributed by atoms with Gasteiger partial charge in [0.15, 0.2) is 11.1 Å². The van der Waals surface area contributed by atoms with Crippen LogP contribution < -0.4 is 5.14 Å². The van der Waals surface area contributed by atoms with Crippen LogP contribution in [-0.4, -0.2) is 17.2 Å². The molecule has 3 N–H and O–H groups in total. The number of hydrogen-bond donors (Lipinski definition) is 2. The molecule has 0 heterocycles. The molecule has 1 atom stereocenters. The third-order valence-electron chi connectivity index (χ3n) is 1.93. The van der Waals surface area contributed by atoms with E-state index in [-0.39, 0.29) is 10.6 Å². The highest BCUT2D eigenvalue weighted by Gasteiger charge is 2.10. The first kappa shape index (κ1) is 12.3. The Kier molecular flexibility index (Phi) is 3.61. The van der Waals surface area contributed by atoms with E-state index in [4.69, 9.17) is 9.69 Å². The smallest absolute Gasteiger partial charge is 0.238 e. The zero-order chi connectivity index (χ0) is 11.6. The van der Waals surface area contributed by atoms with Crippen LogP contribution in [0.2, 0.25) is 0 Å². The standard InChI is InChI=1S/C8H11NO4S2/c1-6-2-3-8(15(9,12)13)4-7(6)5-14(10)11/h2-4H,5H2,1H3,(H,10,11)(H2,9,12,13). The summed E-state index contributed by atoms with van der Waals surface area (Å²) in [5.74, 6) is -0.102. The van der Waals surface area contributed by atoms with Crippen molar-refractivity contribution in [1.29, 1.82) is 0 Å². The van der Waals surface area contributed by atoms with Gasteiger partial charge in [-0.05, 0) is 30.2 Å². The maximum absolute atomic E-state index is 11.0. The second-order valence-electron chi connectivity index (χ2n) is 3.10. The van der Waals surface area contributed by atoms with Crippen LogP contribution in [0, 0.1) is 6.92 Å². The monoisotopic (exact) mass is 249 g/mol. The normalized spacial score (nSPS) is 13.8. The third kappa shape index (κ3) is 3.38. The average Bonchev–Trinajstić information content (AvgIpc) is 2.06. The molecule has 1 unspecified atom stereocenters. The van der Waals surface area contributed by atoms with E-state index in [9.17, 15) is 12.6 Å². The van der Waals surface area contributed by atoms with Crippen molar-refractivity contribution in [1.82, 2.24) is 0 Å². The summed E-state index contributed by atoms with van der Waals surface area (Å²) in [7, 11) is -3.76. The molecule has 0 saturated carbocycles. The van der Waals surface area contributed by atoms with Crippen LogP contribution in [0.5, 0.6) is 0 Å². The number of nitrogens with two attached hydrogens (primary N) is 1. The Hall–Kier alpha value is -0.760. The molecule has 7 heteroatoms. The molecule has 0 aromatic heterocycles. The van der Waals surface area contributed by atoms with Gasteiger partial charge in [0.1, 0.15) is 0 Å². The topological polar surface area (TPSA) is 97.5 Å². The van der Waals surface area contributed by atoms with E-state index in [1.54, 1.807) is 13.0 Å². The summed E-state index contributed by atoms with van der Waals surface area (Å²) in [4.78, 5) is -0.0476. The molecule has 0 radical (unpaired) electrons. The lowest BCUT2D eigenvalue weighted by Gasteiger charge is -2.05. The van der Waals surface area contributed by atoms with Gasteiger partial charge >= 0.3 is 0 Å². The molecule has 0 aliphatic rings. The number of rotatable bonds is 3. The van der Waals surface area contributed by atoms with E-state index in [1.165, 1.54) is 12.1 Å². The lowest BCUT2D eigenvalue weighted by atomic mass is 10.1. The lowest BCUT2D eigenvalue weighted by molar-refractivity contribution is 0.563. The van der Waals surface area contributed by atoms with Gasteiger partial charge in [0.05, 0.1) is 10.6 Å². The molecule has 0 fully saturated rings. The number of primary sulfonamides is 1. The SMILES string of the molecule is Cc1ccc(S(N)(=O)=O)cc1CS(=O)O. The van der Waals surface area contributed by atoms with Gasteiger partial charge in [0.2, 0.25) is 10.0 Å². The van der Waals surface area contributed by atoms with Crippen LogP contribution in [0.25, 0.3) is 0 Å². The Labute approximate surface area is 90.6 Å². The molecule has 15 heavy (non-hydrogen) atoms. The van der Waals surface area contributed by atoms with Gasteiger partial charge in [0.25, 0.3) is 0 Å². The van der Waals surface area contributed by atoms with Crippen LogP contribution >= 0.6 is 0 Å². The van der Waals surface area contributed by atoms with E-state index >= 15 is 0 Å². The molecule has 0 bridgehead atoms. The fourth-order valence-corrected chi connectivity index (χ4v) is 2.25. The van der Waals surface area contributed by atoms with Gasteiger partial charge in [-0.1, -0.05) is 6.07 Å². The van der Waals surface area contributed by atoms with Crippen molar-refractivity contribution in [3.8, 4) is 0 Å². The van der Waals surface area contributed by atoms with Crippen molar-refractivity contribution < 1.29 is 17.2 Å². The van der Waals surface area contributed by atoms with Gasteiger partial charge in [-0.15, -0.1) is 0 Å². The Morgan fingerprint density at radius 2 is 2.07 bits per heavy atom. The van der Waals surface area contributed by atoms with Crippen molar-refractivity contribution in [2.45, 2.75) is 17.6 Å². The van der Waals surface area contributed by atoms with Crippen LogP contribution in [0.15, 0.2) is 23.1 Å². The van der Waals surface area contributed by atoms with E-state index in [0.717, 1.165) is 5.56 Å². The summed E-state index contributed by atoms with van der Waals surface area (Å²) in [5.41, 5.74) is 1.26. The highest BCUT2D eigenvalue weighted by atomic mass is 32.2. The molecule has 1 rings (SSSR count). The van der Waals surface area contributed by atoms with Crippen LogP contribution in [0.1, 0.15) is 11.1 Å². The maximum Gasteiger partial charge on any atom is 0.238 e. The highest BCUT2D eigenvalue weighted by molar-refractivity contribution is 7.89. The first-order valence-corrected chi connectivity index (χ1v) is 6.82. The molecular formula is C8H11NO4S2. The minimum absolute atomic E-state index is 0.0476. The van der Waals surface area contributed by atoms with Gasteiger partial charge in [-0.2, -0.15) is 0 Å². The molecule has 1 aromatic carbocycles. The fourth-order valence-electron chi connectivity index (χ4n) is 1.11. The minimum Gasteiger partial charge on any atom is -0.306 e. The zero-order valence-electron chi connectivity index (χ0n) is 8.00. The maximum atomic E-state index is 11.0. The molecule has 0 saturated heterocycles. The molecule has 1 aromatic rings. The van der Waals surface area contributed by atoms with E-state index in [1.807, 2.05) is 0 Å². The first-order chi connectivity index (χ1) is 6.80. The second-order valence-corrected chi connectivity index (χ2v) is 5.59. The molecule has 84 valence electrons. The van der Waals surface area contributed by atoms with Gasteiger partial charge in [-0.3, -0.25) is 0 Å². The van der Waals surface area contributed by atoms with Gasteiger partial charge in [-0.25, -0.2) is 17.8 Å². The Balaban J connectivity index is 3.23. The number of sulfonamides is 1. The van der Waals surface area contributed by atoms with Crippen molar-refractivity contribution in [2.24, 2.45) is 5.14 Å². The van der Waals surface area contributed by atoms with Crippen LogP contribution in [0.3, 0.4) is 0 Å². The van der Waals surface area contributed by atoms with Crippen molar-refractivity contribution in [3.63, 3.8) is 0 Å². The summed E-state index contributed by atoms with van der Waals surface area (Å²) < 4.78 is 41.4. The summed E-state index contributed by atoms with van der Waals surface area (Å²) in [5, 5.41) is 4.94. The first-order valence-electron chi connectivity index (χ1n) is 4.00. The highest BCUT2D eigenvalue weighted by Crippen LogP contribution is 2.15. The van der Waals surface area contributed by atoms with E-state index < -0.39 is 21.1 Å². The predicted molar refractivity (Wildman–Crippen MR) is 57.0 cm³/mol. The quantitative estimate of drug-likeness (QED) is 0.756. The molecule has 0 amide bonds. The van der Waals surface area contributed by atoms with Gasteiger partial charge < -0.3 is 4.55 Å². The summed E-state index contributed by atoms with van der Waals surface area (Å²) in [6, 6.07) is 4.25. The van der Waals surface area contributed by atoms with E-state index in [2.05, 4.69) is 0 Å². The van der Waals surface area contributed by atoms with Crippen molar-refractivity contribution in [2.75, 3.05) is 0 Å². The largest absolute Gasteiger partial charge is 0.306 e. The predicted octanol–water partition coefficient (Wildman–Crippen LogP) is 0.364. The summed E-state index contributed by atoms with van der Waals surface area (Å²) in [6.07, 6.45) is 0. The molecule has 5 nitrogen and oxygen atoms in total. The fraction of sp³-hybridized carbons (Fsp3) is 0.250. The van der Waals surface area contributed by atoms with Crippen molar-refractivity contribution in [3.05, 3.63) is 29.3 Å². The Morgan fingerprint density at radius 1 is 1.47 bits per heavy atom. The molecule has 0 aliphatic heterocycles. The molecular weight excluding hydrogens is 238 g/mol.